The molecule has 0 aliphatic carbocycles. The third kappa shape index (κ3) is 6.62. The highest BCUT2D eigenvalue weighted by Gasteiger charge is 1.96. The molecule has 104 valence electrons. The van der Waals surface area contributed by atoms with E-state index in [2.05, 4.69) is 9.64 Å². The Kier molecular flexibility index (Phi) is 6.68. The highest BCUT2D eigenvalue weighted by Crippen LogP contribution is 2.13. The van der Waals surface area contributed by atoms with Gasteiger partial charge in [-0.15, -0.1) is 0 Å². The lowest BCUT2D eigenvalue weighted by Gasteiger charge is -2.10. The first-order valence-corrected chi connectivity index (χ1v) is 6.25. The summed E-state index contributed by atoms with van der Waals surface area (Å²) < 4.78 is 10.1. The molecule has 0 aliphatic rings. The molecule has 0 heterocycles. The van der Waals surface area contributed by atoms with E-state index in [1.807, 2.05) is 38.4 Å². The van der Waals surface area contributed by atoms with Crippen LogP contribution in [0.5, 0.6) is 5.75 Å². The Morgan fingerprint density at radius 1 is 1.26 bits per heavy atom. The number of ether oxygens (including phenoxy) is 2. The number of methoxy groups -OCH3 is 1. The fourth-order valence-electron chi connectivity index (χ4n) is 1.48. The van der Waals surface area contributed by atoms with E-state index in [0.29, 0.717) is 6.61 Å². The Labute approximate surface area is 114 Å². The topological polar surface area (TPSA) is 38.8 Å². The van der Waals surface area contributed by atoms with Gasteiger partial charge in [0.15, 0.2) is 0 Å². The smallest absolute Gasteiger partial charge is 0.330 e. The van der Waals surface area contributed by atoms with Gasteiger partial charge < -0.3 is 14.4 Å². The van der Waals surface area contributed by atoms with Crippen LogP contribution in [0.25, 0.3) is 6.08 Å². The Hall–Kier alpha value is -1.81. The summed E-state index contributed by atoms with van der Waals surface area (Å²) in [5, 5.41) is 0. The lowest BCUT2D eigenvalue weighted by atomic mass is 10.2. The number of benzene rings is 1. The van der Waals surface area contributed by atoms with Gasteiger partial charge in [-0.25, -0.2) is 4.79 Å². The lowest BCUT2D eigenvalue weighted by Crippen LogP contribution is -2.15. The molecule has 0 saturated carbocycles. The van der Waals surface area contributed by atoms with Crippen LogP contribution in [0.1, 0.15) is 12.0 Å². The van der Waals surface area contributed by atoms with Crippen molar-refractivity contribution in [1.29, 1.82) is 0 Å². The van der Waals surface area contributed by atoms with Crippen molar-refractivity contribution in [2.24, 2.45) is 0 Å². The molecule has 4 heteroatoms. The van der Waals surface area contributed by atoms with Gasteiger partial charge in [0, 0.05) is 12.6 Å². The first-order valence-electron chi connectivity index (χ1n) is 6.25. The van der Waals surface area contributed by atoms with Crippen molar-refractivity contribution < 1.29 is 14.3 Å². The molecule has 0 spiro atoms. The molecule has 0 unspecified atom stereocenters. The molecular weight excluding hydrogens is 242 g/mol. The highest BCUT2D eigenvalue weighted by atomic mass is 16.5. The van der Waals surface area contributed by atoms with Gasteiger partial charge in [-0.3, -0.25) is 0 Å². The molecule has 4 nitrogen and oxygen atoms in total. The summed E-state index contributed by atoms with van der Waals surface area (Å²) in [5.41, 5.74) is 0.936. The van der Waals surface area contributed by atoms with Crippen molar-refractivity contribution in [3.63, 3.8) is 0 Å². The van der Waals surface area contributed by atoms with E-state index in [-0.39, 0.29) is 5.97 Å². The summed E-state index contributed by atoms with van der Waals surface area (Å²) in [6.07, 6.45) is 4.10. The van der Waals surface area contributed by atoms with Crippen molar-refractivity contribution in [3.05, 3.63) is 35.9 Å². The van der Waals surface area contributed by atoms with Crippen LogP contribution in [0.15, 0.2) is 30.3 Å². The zero-order chi connectivity index (χ0) is 14.1. The molecule has 19 heavy (non-hydrogen) atoms. The summed E-state index contributed by atoms with van der Waals surface area (Å²) >= 11 is 0. The number of hydrogen-bond acceptors (Lipinski definition) is 4. The summed E-state index contributed by atoms with van der Waals surface area (Å²) in [4.78, 5) is 13.1. The Balaban J connectivity index is 2.39. The standard InChI is InChI=1S/C15H21NO3/c1-16(2)11-4-12-19-14-8-5-13(6-9-14)7-10-15(17)18-3/h5-10H,4,11-12H2,1-3H3/b10-7+. The number of carbonyl (C=O) groups is 1. The molecule has 1 rings (SSSR count). The maximum Gasteiger partial charge on any atom is 0.330 e. The van der Waals surface area contributed by atoms with E-state index in [0.717, 1.165) is 24.3 Å². The average Bonchev–Trinajstić information content (AvgIpc) is 2.42. The minimum Gasteiger partial charge on any atom is -0.494 e. The van der Waals surface area contributed by atoms with Gasteiger partial charge in [0.2, 0.25) is 0 Å². The summed E-state index contributed by atoms with van der Waals surface area (Å²) in [7, 11) is 5.45. The predicted octanol–water partition coefficient (Wildman–Crippen LogP) is 2.20. The fraction of sp³-hybridized carbons (Fsp3) is 0.400. The number of esters is 1. The molecular formula is C15H21NO3. The molecule has 0 radical (unpaired) electrons. The van der Waals surface area contributed by atoms with E-state index in [1.54, 1.807) is 6.08 Å². The first-order chi connectivity index (χ1) is 9.11. The Morgan fingerprint density at radius 3 is 2.53 bits per heavy atom. The summed E-state index contributed by atoms with van der Waals surface area (Å²) in [5.74, 6) is 0.484. The minimum absolute atomic E-state index is 0.357. The molecule has 0 bridgehead atoms. The number of hydrogen-bond donors (Lipinski definition) is 0. The van der Waals surface area contributed by atoms with Crippen LogP contribution in [0.4, 0.5) is 0 Å². The third-order valence-electron chi connectivity index (χ3n) is 2.51. The van der Waals surface area contributed by atoms with Gasteiger partial charge in [-0.2, -0.15) is 0 Å². The SMILES string of the molecule is COC(=O)/C=C/c1ccc(OCCCN(C)C)cc1. The molecule has 0 amide bonds. The van der Waals surface area contributed by atoms with E-state index >= 15 is 0 Å². The molecule has 0 aliphatic heterocycles. The minimum atomic E-state index is -0.357. The number of nitrogens with zero attached hydrogens (tertiary/aromatic N) is 1. The van der Waals surface area contributed by atoms with Crippen molar-refractivity contribution >= 4 is 12.0 Å². The van der Waals surface area contributed by atoms with Crippen LogP contribution in [0.3, 0.4) is 0 Å². The van der Waals surface area contributed by atoms with Crippen LogP contribution in [0.2, 0.25) is 0 Å². The largest absolute Gasteiger partial charge is 0.494 e. The van der Waals surface area contributed by atoms with E-state index in [9.17, 15) is 4.79 Å². The lowest BCUT2D eigenvalue weighted by molar-refractivity contribution is -0.134. The van der Waals surface area contributed by atoms with Gasteiger partial charge >= 0.3 is 5.97 Å². The Morgan fingerprint density at radius 2 is 1.95 bits per heavy atom. The van der Waals surface area contributed by atoms with Gasteiger partial charge in [0.1, 0.15) is 5.75 Å². The second kappa shape index (κ2) is 8.32. The van der Waals surface area contributed by atoms with Crippen LogP contribution in [-0.2, 0) is 9.53 Å². The van der Waals surface area contributed by atoms with E-state index in [4.69, 9.17) is 4.74 Å². The summed E-state index contributed by atoms with van der Waals surface area (Å²) in [6, 6.07) is 7.60. The van der Waals surface area contributed by atoms with Crippen LogP contribution >= 0.6 is 0 Å². The second-order valence-corrected chi connectivity index (χ2v) is 4.43. The third-order valence-corrected chi connectivity index (χ3v) is 2.51. The van der Waals surface area contributed by atoms with Crippen molar-refractivity contribution in [3.8, 4) is 5.75 Å². The van der Waals surface area contributed by atoms with Crippen molar-refractivity contribution in [2.75, 3.05) is 34.4 Å². The van der Waals surface area contributed by atoms with Crippen LogP contribution < -0.4 is 4.74 Å². The number of carbonyl (C=O) groups excluding carboxylic acids is 1. The summed E-state index contributed by atoms with van der Waals surface area (Å²) in [6.45, 7) is 1.72. The Bertz CT molecular complexity index is 410. The van der Waals surface area contributed by atoms with Gasteiger partial charge in [-0.1, -0.05) is 12.1 Å². The van der Waals surface area contributed by atoms with Crippen molar-refractivity contribution in [2.45, 2.75) is 6.42 Å². The zero-order valence-corrected chi connectivity index (χ0v) is 11.8. The van der Waals surface area contributed by atoms with Gasteiger partial charge in [0.05, 0.1) is 13.7 Å². The van der Waals surface area contributed by atoms with Crippen LogP contribution in [0, 0.1) is 0 Å². The zero-order valence-electron chi connectivity index (χ0n) is 11.8. The van der Waals surface area contributed by atoms with Crippen molar-refractivity contribution in [1.82, 2.24) is 4.90 Å². The molecule has 1 aromatic carbocycles. The second-order valence-electron chi connectivity index (χ2n) is 4.43. The molecule has 1 aromatic rings. The van der Waals surface area contributed by atoms with Crippen LogP contribution in [-0.4, -0.2) is 45.2 Å². The fourth-order valence-corrected chi connectivity index (χ4v) is 1.48. The maximum atomic E-state index is 10.9. The van der Waals surface area contributed by atoms with Gasteiger partial charge in [0.25, 0.3) is 0 Å². The molecule has 0 aromatic heterocycles. The maximum absolute atomic E-state index is 10.9. The highest BCUT2D eigenvalue weighted by molar-refractivity contribution is 5.86. The van der Waals surface area contributed by atoms with Gasteiger partial charge in [-0.05, 0) is 44.3 Å². The quantitative estimate of drug-likeness (QED) is 0.429. The first kappa shape index (κ1) is 15.2. The number of rotatable bonds is 7. The predicted molar refractivity (Wildman–Crippen MR) is 76.2 cm³/mol. The molecule has 0 N–H and O–H groups in total. The van der Waals surface area contributed by atoms with E-state index < -0.39 is 0 Å². The normalized spacial score (nSPS) is 10.9. The van der Waals surface area contributed by atoms with E-state index in [1.165, 1.54) is 13.2 Å². The average molecular weight is 263 g/mol. The molecule has 0 atom stereocenters. The molecule has 0 fully saturated rings. The molecule has 0 saturated heterocycles. The monoisotopic (exact) mass is 263 g/mol.